The van der Waals surface area contributed by atoms with Crippen molar-refractivity contribution in [1.29, 1.82) is 5.26 Å². The SMILES string of the molecule is N#Cc1cncn2ccnc12. The number of imidazole rings is 1. The minimum atomic E-state index is 0.498. The van der Waals surface area contributed by atoms with Crippen LogP contribution in [0.1, 0.15) is 5.56 Å². The Kier molecular flexibility index (Phi) is 1.10. The Labute approximate surface area is 62.7 Å². The molecule has 0 saturated carbocycles. The molecule has 0 aromatic carbocycles. The van der Waals surface area contributed by atoms with Crippen molar-refractivity contribution in [3.8, 4) is 6.07 Å². The zero-order valence-electron chi connectivity index (χ0n) is 5.60. The third-order valence-corrected chi connectivity index (χ3v) is 1.42. The molecule has 4 heteroatoms. The summed E-state index contributed by atoms with van der Waals surface area (Å²) in [6.45, 7) is 0. The molecule has 4 nitrogen and oxygen atoms in total. The number of fused-ring (bicyclic) bond motifs is 1. The van der Waals surface area contributed by atoms with Crippen LogP contribution in [0.2, 0.25) is 0 Å². The first-order valence-corrected chi connectivity index (χ1v) is 3.08. The lowest BCUT2D eigenvalue weighted by Crippen LogP contribution is -1.88. The number of rotatable bonds is 0. The molecule has 0 unspecified atom stereocenters. The molecular weight excluding hydrogens is 140 g/mol. The normalized spacial score (nSPS) is 9.73. The predicted octanol–water partition coefficient (Wildman–Crippen LogP) is 0.601. The third-order valence-electron chi connectivity index (χ3n) is 1.42. The molecule has 0 aliphatic carbocycles. The van der Waals surface area contributed by atoms with Crippen molar-refractivity contribution >= 4 is 5.65 Å². The summed E-state index contributed by atoms with van der Waals surface area (Å²) in [7, 11) is 0. The van der Waals surface area contributed by atoms with Crippen molar-refractivity contribution in [3.05, 3.63) is 30.5 Å². The van der Waals surface area contributed by atoms with E-state index in [0.29, 0.717) is 11.2 Å². The molecule has 0 spiro atoms. The zero-order valence-corrected chi connectivity index (χ0v) is 5.60. The van der Waals surface area contributed by atoms with Crippen LogP contribution in [0.3, 0.4) is 0 Å². The quantitative estimate of drug-likeness (QED) is 0.544. The highest BCUT2D eigenvalue weighted by atomic mass is 15.0. The van der Waals surface area contributed by atoms with Crippen LogP contribution < -0.4 is 0 Å². The molecule has 0 saturated heterocycles. The third kappa shape index (κ3) is 0.749. The fourth-order valence-electron chi connectivity index (χ4n) is 0.931. The summed E-state index contributed by atoms with van der Waals surface area (Å²) in [6.07, 6.45) is 6.51. The van der Waals surface area contributed by atoms with E-state index < -0.39 is 0 Å². The van der Waals surface area contributed by atoms with Gasteiger partial charge in [0.25, 0.3) is 0 Å². The van der Waals surface area contributed by atoms with Gasteiger partial charge in [0.15, 0.2) is 5.65 Å². The molecule has 0 aliphatic rings. The first kappa shape index (κ1) is 5.86. The average molecular weight is 144 g/mol. The summed E-state index contributed by atoms with van der Waals surface area (Å²) in [5.74, 6) is 0. The minimum absolute atomic E-state index is 0.498. The summed E-state index contributed by atoms with van der Waals surface area (Å²) in [5, 5.41) is 8.61. The molecule has 11 heavy (non-hydrogen) atoms. The monoisotopic (exact) mass is 144 g/mol. The van der Waals surface area contributed by atoms with Gasteiger partial charge in [-0.15, -0.1) is 0 Å². The van der Waals surface area contributed by atoms with Gasteiger partial charge in [-0.1, -0.05) is 0 Å². The van der Waals surface area contributed by atoms with Gasteiger partial charge >= 0.3 is 0 Å². The molecule has 0 bridgehead atoms. The highest BCUT2D eigenvalue weighted by Gasteiger charge is 1.99. The second-order valence-corrected chi connectivity index (χ2v) is 2.08. The summed E-state index contributed by atoms with van der Waals surface area (Å²) < 4.78 is 1.71. The molecule has 2 heterocycles. The number of nitriles is 1. The summed E-state index contributed by atoms with van der Waals surface area (Å²) in [6, 6.07) is 2.01. The van der Waals surface area contributed by atoms with Crippen LogP contribution in [0, 0.1) is 11.3 Å². The van der Waals surface area contributed by atoms with Crippen LogP contribution >= 0.6 is 0 Å². The maximum absolute atomic E-state index is 8.61. The Morgan fingerprint density at radius 2 is 2.45 bits per heavy atom. The van der Waals surface area contributed by atoms with Gasteiger partial charge in [-0.2, -0.15) is 5.26 Å². The number of aromatic nitrogens is 3. The molecular formula is C7H4N4. The van der Waals surface area contributed by atoms with Gasteiger partial charge in [0.2, 0.25) is 0 Å². The highest BCUT2D eigenvalue weighted by Crippen LogP contribution is 2.03. The van der Waals surface area contributed by atoms with Crippen molar-refractivity contribution in [3.63, 3.8) is 0 Å². The van der Waals surface area contributed by atoms with Crippen molar-refractivity contribution in [2.45, 2.75) is 0 Å². The Morgan fingerprint density at radius 3 is 3.27 bits per heavy atom. The van der Waals surface area contributed by atoms with Crippen molar-refractivity contribution < 1.29 is 0 Å². The Morgan fingerprint density at radius 1 is 1.55 bits per heavy atom. The molecule has 0 amide bonds. The van der Waals surface area contributed by atoms with Crippen LogP contribution in [-0.4, -0.2) is 14.4 Å². The van der Waals surface area contributed by atoms with Crippen LogP contribution in [0.25, 0.3) is 5.65 Å². The van der Waals surface area contributed by atoms with Gasteiger partial charge in [0.05, 0.1) is 6.20 Å². The minimum Gasteiger partial charge on any atom is -0.289 e. The van der Waals surface area contributed by atoms with Gasteiger partial charge < -0.3 is 0 Å². The summed E-state index contributed by atoms with van der Waals surface area (Å²) in [4.78, 5) is 7.85. The van der Waals surface area contributed by atoms with E-state index in [1.807, 2.05) is 6.07 Å². The largest absolute Gasteiger partial charge is 0.289 e. The molecule has 2 rings (SSSR count). The van der Waals surface area contributed by atoms with E-state index in [-0.39, 0.29) is 0 Å². The number of hydrogen-bond acceptors (Lipinski definition) is 3. The topological polar surface area (TPSA) is 54.0 Å². The van der Waals surface area contributed by atoms with Gasteiger partial charge in [-0.25, -0.2) is 9.97 Å². The van der Waals surface area contributed by atoms with Crippen LogP contribution in [-0.2, 0) is 0 Å². The molecule has 2 aromatic heterocycles. The lowest BCUT2D eigenvalue weighted by Gasteiger charge is -1.91. The number of nitrogens with zero attached hydrogens (tertiary/aromatic N) is 4. The lowest BCUT2D eigenvalue weighted by atomic mass is 10.4. The second-order valence-electron chi connectivity index (χ2n) is 2.08. The second kappa shape index (κ2) is 2.06. The zero-order chi connectivity index (χ0) is 7.68. The first-order valence-electron chi connectivity index (χ1n) is 3.08. The van der Waals surface area contributed by atoms with Gasteiger partial charge in [0, 0.05) is 12.4 Å². The van der Waals surface area contributed by atoms with E-state index in [4.69, 9.17) is 5.26 Å². The van der Waals surface area contributed by atoms with Gasteiger partial charge in [-0.3, -0.25) is 4.40 Å². The fourth-order valence-corrected chi connectivity index (χ4v) is 0.931. The molecule has 0 atom stereocenters. The maximum Gasteiger partial charge on any atom is 0.157 e. The lowest BCUT2D eigenvalue weighted by molar-refractivity contribution is 1.08. The number of hydrogen-bond donors (Lipinski definition) is 0. The van der Waals surface area contributed by atoms with E-state index in [9.17, 15) is 0 Å². The molecule has 0 aliphatic heterocycles. The molecule has 2 aromatic rings. The van der Waals surface area contributed by atoms with Crippen molar-refractivity contribution in [2.75, 3.05) is 0 Å². The molecule has 52 valence electrons. The highest BCUT2D eigenvalue weighted by molar-refractivity contribution is 5.52. The van der Waals surface area contributed by atoms with Gasteiger partial charge in [-0.05, 0) is 0 Å². The van der Waals surface area contributed by atoms with E-state index in [2.05, 4.69) is 9.97 Å². The van der Waals surface area contributed by atoms with Crippen molar-refractivity contribution in [2.24, 2.45) is 0 Å². The molecule has 0 radical (unpaired) electrons. The van der Waals surface area contributed by atoms with E-state index >= 15 is 0 Å². The van der Waals surface area contributed by atoms with Crippen molar-refractivity contribution in [1.82, 2.24) is 14.4 Å². The van der Waals surface area contributed by atoms with E-state index in [1.54, 1.807) is 23.1 Å². The molecule has 0 fully saturated rings. The Balaban J connectivity index is 2.92. The summed E-state index contributed by atoms with van der Waals surface area (Å²) in [5.41, 5.74) is 1.15. The van der Waals surface area contributed by atoms with Crippen LogP contribution in [0.5, 0.6) is 0 Å². The van der Waals surface area contributed by atoms with E-state index in [1.165, 1.54) is 6.20 Å². The smallest absolute Gasteiger partial charge is 0.157 e. The molecule has 0 N–H and O–H groups in total. The Bertz CT molecular complexity index is 423. The van der Waals surface area contributed by atoms with Gasteiger partial charge in [0.1, 0.15) is 18.0 Å². The summed E-state index contributed by atoms with van der Waals surface area (Å²) >= 11 is 0. The predicted molar refractivity (Wildman–Crippen MR) is 37.7 cm³/mol. The van der Waals surface area contributed by atoms with Crippen LogP contribution in [0.15, 0.2) is 24.9 Å². The maximum atomic E-state index is 8.61. The average Bonchev–Trinajstić information content (AvgIpc) is 2.50. The Hall–Kier alpha value is -1.89. The standard InChI is InChI=1S/C7H4N4/c8-3-6-4-9-5-11-2-1-10-7(6)11/h1-2,4-5H. The van der Waals surface area contributed by atoms with Crippen LogP contribution in [0.4, 0.5) is 0 Å². The van der Waals surface area contributed by atoms with E-state index in [0.717, 1.165) is 0 Å². The fraction of sp³-hybridized carbons (Fsp3) is 0. The first-order chi connectivity index (χ1) is 5.42.